The quantitative estimate of drug-likeness (QED) is 0.711. The van der Waals surface area contributed by atoms with Gasteiger partial charge < -0.3 is 14.7 Å². The topological polar surface area (TPSA) is 83.9 Å². The molecule has 1 unspecified atom stereocenters. The van der Waals surface area contributed by atoms with Gasteiger partial charge in [-0.05, 0) is 26.2 Å². The van der Waals surface area contributed by atoms with Gasteiger partial charge in [-0.2, -0.15) is 0 Å². The van der Waals surface area contributed by atoms with E-state index in [0.717, 1.165) is 6.42 Å². The van der Waals surface area contributed by atoms with Gasteiger partial charge in [-0.1, -0.05) is 0 Å². The largest absolute Gasteiger partial charge is 0.481 e. The predicted octanol–water partition coefficient (Wildman–Crippen LogP) is 0.795. The van der Waals surface area contributed by atoms with E-state index in [1.54, 1.807) is 6.92 Å². The molecule has 102 valence electrons. The summed E-state index contributed by atoms with van der Waals surface area (Å²) in [5.74, 6) is -1.43. The molecule has 1 heterocycles. The van der Waals surface area contributed by atoms with Crippen molar-refractivity contribution >= 4 is 17.8 Å². The van der Waals surface area contributed by atoms with E-state index in [1.807, 2.05) is 0 Å². The molecule has 1 aliphatic rings. The van der Waals surface area contributed by atoms with Crippen LogP contribution in [0.4, 0.5) is 0 Å². The Kier molecular flexibility index (Phi) is 5.61. The summed E-state index contributed by atoms with van der Waals surface area (Å²) in [4.78, 5) is 35.4. The minimum Gasteiger partial charge on any atom is -0.481 e. The van der Waals surface area contributed by atoms with Crippen LogP contribution in [0.1, 0.15) is 39.0 Å². The fraction of sp³-hybridized carbons (Fsp3) is 0.750. The molecule has 0 aliphatic carbocycles. The lowest BCUT2D eigenvalue weighted by molar-refractivity contribution is -0.153. The number of amides is 1. The first-order chi connectivity index (χ1) is 8.56. The van der Waals surface area contributed by atoms with Crippen LogP contribution in [-0.2, 0) is 19.1 Å². The standard InChI is InChI=1S/C12H19NO5/c1-2-18-12(17)9-5-4-8-13(9)10(14)6-3-7-11(15)16/h9H,2-8H2,1H3,(H,15,16). The fourth-order valence-electron chi connectivity index (χ4n) is 2.08. The third kappa shape index (κ3) is 4.01. The molecule has 1 aliphatic heterocycles. The number of carbonyl (C=O) groups is 3. The summed E-state index contributed by atoms with van der Waals surface area (Å²) in [5, 5.41) is 8.50. The highest BCUT2D eigenvalue weighted by molar-refractivity contribution is 5.85. The number of rotatable bonds is 6. The van der Waals surface area contributed by atoms with Gasteiger partial charge in [0.15, 0.2) is 0 Å². The normalized spacial score (nSPS) is 18.7. The smallest absolute Gasteiger partial charge is 0.328 e. The monoisotopic (exact) mass is 257 g/mol. The number of ether oxygens (including phenoxy) is 1. The van der Waals surface area contributed by atoms with E-state index in [9.17, 15) is 14.4 Å². The maximum Gasteiger partial charge on any atom is 0.328 e. The molecule has 6 nitrogen and oxygen atoms in total. The summed E-state index contributed by atoms with van der Waals surface area (Å²) in [7, 11) is 0. The van der Waals surface area contributed by atoms with Crippen LogP contribution in [0.25, 0.3) is 0 Å². The van der Waals surface area contributed by atoms with Crippen molar-refractivity contribution in [3.63, 3.8) is 0 Å². The van der Waals surface area contributed by atoms with Crippen molar-refractivity contribution in [2.45, 2.75) is 45.1 Å². The Morgan fingerprint density at radius 1 is 1.33 bits per heavy atom. The van der Waals surface area contributed by atoms with Crippen LogP contribution in [0, 0.1) is 0 Å². The number of carboxylic acid groups (broad SMARTS) is 1. The van der Waals surface area contributed by atoms with Gasteiger partial charge in [0.25, 0.3) is 0 Å². The predicted molar refractivity (Wildman–Crippen MR) is 62.9 cm³/mol. The van der Waals surface area contributed by atoms with Gasteiger partial charge in [0.2, 0.25) is 5.91 Å². The number of hydrogen-bond acceptors (Lipinski definition) is 4. The second kappa shape index (κ2) is 6.98. The van der Waals surface area contributed by atoms with Crippen molar-refractivity contribution in [3.05, 3.63) is 0 Å². The van der Waals surface area contributed by atoms with E-state index in [-0.39, 0.29) is 24.7 Å². The first-order valence-corrected chi connectivity index (χ1v) is 6.24. The van der Waals surface area contributed by atoms with E-state index in [2.05, 4.69) is 0 Å². The van der Waals surface area contributed by atoms with Crippen LogP contribution < -0.4 is 0 Å². The lowest BCUT2D eigenvalue weighted by atomic mass is 10.2. The number of carboxylic acids is 1. The first kappa shape index (κ1) is 14.5. The number of likely N-dealkylation sites (tertiary alicyclic amines) is 1. The maximum atomic E-state index is 11.9. The number of carbonyl (C=O) groups excluding carboxylic acids is 2. The van der Waals surface area contributed by atoms with Crippen molar-refractivity contribution in [2.24, 2.45) is 0 Å². The molecule has 0 aromatic carbocycles. The molecule has 0 aromatic rings. The molecule has 0 spiro atoms. The van der Waals surface area contributed by atoms with Crippen LogP contribution in [0.2, 0.25) is 0 Å². The highest BCUT2D eigenvalue weighted by Gasteiger charge is 2.34. The first-order valence-electron chi connectivity index (χ1n) is 6.24. The lowest BCUT2D eigenvalue weighted by Gasteiger charge is -2.23. The summed E-state index contributed by atoms with van der Waals surface area (Å²) >= 11 is 0. The molecule has 1 amide bonds. The van der Waals surface area contributed by atoms with Crippen molar-refractivity contribution < 1.29 is 24.2 Å². The fourth-order valence-corrected chi connectivity index (χ4v) is 2.08. The Morgan fingerprint density at radius 3 is 2.67 bits per heavy atom. The Balaban J connectivity index is 2.45. The minimum absolute atomic E-state index is 0.0242. The highest BCUT2D eigenvalue weighted by Crippen LogP contribution is 2.20. The molecular weight excluding hydrogens is 238 g/mol. The lowest BCUT2D eigenvalue weighted by Crippen LogP contribution is -2.41. The third-order valence-corrected chi connectivity index (χ3v) is 2.91. The van der Waals surface area contributed by atoms with Crippen molar-refractivity contribution in [3.8, 4) is 0 Å². The summed E-state index contributed by atoms with van der Waals surface area (Å²) in [6.45, 7) is 2.58. The third-order valence-electron chi connectivity index (χ3n) is 2.91. The Morgan fingerprint density at radius 2 is 2.06 bits per heavy atom. The van der Waals surface area contributed by atoms with Crippen LogP contribution in [-0.4, -0.2) is 47.0 Å². The zero-order valence-electron chi connectivity index (χ0n) is 10.6. The Bertz CT molecular complexity index is 328. The van der Waals surface area contributed by atoms with E-state index < -0.39 is 12.0 Å². The SMILES string of the molecule is CCOC(=O)C1CCCN1C(=O)CCCC(=O)O. The number of nitrogens with zero attached hydrogens (tertiary/aromatic N) is 1. The molecule has 1 N–H and O–H groups in total. The molecule has 0 saturated carbocycles. The van der Waals surface area contributed by atoms with Gasteiger partial charge in [-0.3, -0.25) is 9.59 Å². The summed E-state index contributed by atoms with van der Waals surface area (Å²) in [5.41, 5.74) is 0. The van der Waals surface area contributed by atoms with Crippen molar-refractivity contribution in [2.75, 3.05) is 13.2 Å². The molecule has 0 bridgehead atoms. The van der Waals surface area contributed by atoms with Crippen molar-refractivity contribution in [1.29, 1.82) is 0 Å². The van der Waals surface area contributed by atoms with Gasteiger partial charge >= 0.3 is 11.9 Å². The number of aliphatic carboxylic acids is 1. The van der Waals surface area contributed by atoms with Crippen LogP contribution in [0.5, 0.6) is 0 Å². The van der Waals surface area contributed by atoms with Crippen LogP contribution >= 0.6 is 0 Å². The van der Waals surface area contributed by atoms with E-state index in [0.29, 0.717) is 26.0 Å². The molecule has 1 rings (SSSR count). The molecular formula is C12H19NO5. The molecule has 18 heavy (non-hydrogen) atoms. The molecule has 0 aromatic heterocycles. The van der Waals surface area contributed by atoms with Gasteiger partial charge in [0, 0.05) is 19.4 Å². The Hall–Kier alpha value is -1.59. The average molecular weight is 257 g/mol. The number of hydrogen-bond donors (Lipinski definition) is 1. The molecule has 1 fully saturated rings. The van der Waals surface area contributed by atoms with Gasteiger partial charge in [-0.25, -0.2) is 4.79 Å². The maximum absolute atomic E-state index is 11.9. The highest BCUT2D eigenvalue weighted by atomic mass is 16.5. The van der Waals surface area contributed by atoms with Crippen LogP contribution in [0.3, 0.4) is 0 Å². The Labute approximate surface area is 106 Å². The second-order valence-corrected chi connectivity index (χ2v) is 4.24. The average Bonchev–Trinajstić information content (AvgIpc) is 2.77. The molecule has 1 atom stereocenters. The zero-order chi connectivity index (χ0) is 13.5. The molecule has 1 saturated heterocycles. The summed E-state index contributed by atoms with van der Waals surface area (Å²) in [6.07, 6.45) is 1.86. The van der Waals surface area contributed by atoms with E-state index in [1.165, 1.54) is 4.90 Å². The van der Waals surface area contributed by atoms with Gasteiger partial charge in [0.05, 0.1) is 6.61 Å². The van der Waals surface area contributed by atoms with E-state index >= 15 is 0 Å². The second-order valence-electron chi connectivity index (χ2n) is 4.24. The molecule has 6 heteroatoms. The van der Waals surface area contributed by atoms with Gasteiger partial charge in [-0.15, -0.1) is 0 Å². The van der Waals surface area contributed by atoms with Crippen LogP contribution in [0.15, 0.2) is 0 Å². The minimum atomic E-state index is -0.911. The number of esters is 1. The van der Waals surface area contributed by atoms with E-state index in [4.69, 9.17) is 9.84 Å². The molecule has 0 radical (unpaired) electrons. The summed E-state index contributed by atoms with van der Waals surface area (Å²) < 4.78 is 4.92. The van der Waals surface area contributed by atoms with Crippen molar-refractivity contribution in [1.82, 2.24) is 4.90 Å². The van der Waals surface area contributed by atoms with Gasteiger partial charge in [0.1, 0.15) is 6.04 Å². The zero-order valence-corrected chi connectivity index (χ0v) is 10.6. The summed E-state index contributed by atoms with van der Waals surface area (Å²) in [6, 6.07) is -0.484.